The normalized spacial score (nSPS) is 21.2. The molecule has 0 aromatic carbocycles. The van der Waals surface area contributed by atoms with Crippen molar-refractivity contribution in [2.45, 2.75) is 25.4 Å². The second kappa shape index (κ2) is 9.64. The fourth-order valence-corrected chi connectivity index (χ4v) is 2.22. The van der Waals surface area contributed by atoms with Crippen LogP contribution >= 0.6 is 24.0 Å². The molecule has 0 aromatic heterocycles. The van der Waals surface area contributed by atoms with E-state index in [1.54, 1.807) is 7.05 Å². The van der Waals surface area contributed by atoms with Crippen molar-refractivity contribution < 1.29 is 13.2 Å². The van der Waals surface area contributed by atoms with E-state index in [0.717, 1.165) is 26.1 Å². The van der Waals surface area contributed by atoms with E-state index in [0.29, 0.717) is 11.9 Å². The Kier molecular flexibility index (Phi) is 9.52. The van der Waals surface area contributed by atoms with Crippen LogP contribution in [-0.4, -0.2) is 57.3 Å². The van der Waals surface area contributed by atoms with Crippen molar-refractivity contribution in [2.75, 3.05) is 40.3 Å². The third kappa shape index (κ3) is 8.83. The molecule has 1 fully saturated rings. The summed E-state index contributed by atoms with van der Waals surface area (Å²) >= 11 is 0. The zero-order valence-corrected chi connectivity index (χ0v) is 14.3. The molecule has 4 nitrogen and oxygen atoms in total. The minimum Gasteiger partial charge on any atom is -0.356 e. The Morgan fingerprint density at radius 1 is 1.35 bits per heavy atom. The Morgan fingerprint density at radius 3 is 2.60 bits per heavy atom. The number of alkyl halides is 3. The van der Waals surface area contributed by atoms with Crippen molar-refractivity contribution in [3.63, 3.8) is 0 Å². The molecule has 2 N–H and O–H groups in total. The van der Waals surface area contributed by atoms with Gasteiger partial charge in [0.25, 0.3) is 0 Å². The molecule has 1 atom stereocenters. The Balaban J connectivity index is 0.00000361. The molecule has 0 radical (unpaired) electrons. The van der Waals surface area contributed by atoms with Crippen molar-refractivity contribution >= 4 is 29.9 Å². The van der Waals surface area contributed by atoms with Crippen molar-refractivity contribution in [2.24, 2.45) is 10.9 Å². The summed E-state index contributed by atoms with van der Waals surface area (Å²) in [4.78, 5) is 6.20. The van der Waals surface area contributed by atoms with Gasteiger partial charge in [-0.3, -0.25) is 4.99 Å². The smallest absolute Gasteiger partial charge is 0.356 e. The standard InChI is InChI=1S/C12H23F3N4.HI/c1-16-11(17-6-5-12(13,14)15)18-8-10-4-3-7-19(2)9-10;/h10H,3-9H2,1-2H3,(H2,16,17,18);1H. The largest absolute Gasteiger partial charge is 0.390 e. The van der Waals surface area contributed by atoms with Crippen LogP contribution in [0.3, 0.4) is 0 Å². The van der Waals surface area contributed by atoms with E-state index < -0.39 is 12.6 Å². The number of aliphatic imine (C=N–C) groups is 1. The molecular formula is C12H24F3IN4. The molecule has 0 amide bonds. The average molecular weight is 408 g/mol. The van der Waals surface area contributed by atoms with E-state index in [1.807, 2.05) is 0 Å². The van der Waals surface area contributed by atoms with Gasteiger partial charge in [-0.1, -0.05) is 0 Å². The minimum atomic E-state index is -4.13. The monoisotopic (exact) mass is 408 g/mol. The molecule has 20 heavy (non-hydrogen) atoms. The van der Waals surface area contributed by atoms with Gasteiger partial charge < -0.3 is 15.5 Å². The van der Waals surface area contributed by atoms with Gasteiger partial charge in [0.15, 0.2) is 5.96 Å². The Hall–Kier alpha value is -0.250. The summed E-state index contributed by atoms with van der Waals surface area (Å²) in [6.45, 7) is 2.74. The number of hydrogen-bond acceptors (Lipinski definition) is 2. The zero-order valence-electron chi connectivity index (χ0n) is 12.0. The average Bonchev–Trinajstić information content (AvgIpc) is 2.32. The van der Waals surface area contributed by atoms with E-state index in [-0.39, 0.29) is 30.5 Å². The molecule has 0 aliphatic carbocycles. The number of hydrogen-bond donors (Lipinski definition) is 2. The SMILES string of the molecule is CN=C(NCCC(F)(F)F)NCC1CCCN(C)C1.I. The second-order valence-corrected chi connectivity index (χ2v) is 5.02. The van der Waals surface area contributed by atoms with Crippen molar-refractivity contribution in [3.05, 3.63) is 0 Å². The topological polar surface area (TPSA) is 39.7 Å². The lowest BCUT2D eigenvalue weighted by atomic mass is 9.99. The number of rotatable bonds is 4. The molecule has 0 aromatic rings. The van der Waals surface area contributed by atoms with Gasteiger partial charge in [-0.25, -0.2) is 0 Å². The number of halogens is 4. The molecule has 1 aliphatic rings. The van der Waals surface area contributed by atoms with Crippen LogP contribution in [0.1, 0.15) is 19.3 Å². The Morgan fingerprint density at radius 2 is 2.05 bits per heavy atom. The fraction of sp³-hybridized carbons (Fsp3) is 0.917. The molecule has 0 bridgehead atoms. The summed E-state index contributed by atoms with van der Waals surface area (Å²) < 4.78 is 36.1. The first kappa shape index (κ1) is 19.8. The van der Waals surface area contributed by atoms with Gasteiger partial charge >= 0.3 is 6.18 Å². The summed E-state index contributed by atoms with van der Waals surface area (Å²) in [6.07, 6.45) is -2.66. The molecule has 8 heteroatoms. The molecule has 1 unspecified atom stereocenters. The van der Waals surface area contributed by atoms with Crippen molar-refractivity contribution in [1.29, 1.82) is 0 Å². The minimum absolute atomic E-state index is 0. The lowest BCUT2D eigenvalue weighted by Crippen LogP contribution is -2.44. The summed E-state index contributed by atoms with van der Waals surface area (Å²) in [5, 5.41) is 5.77. The van der Waals surface area contributed by atoms with E-state index in [4.69, 9.17) is 0 Å². The predicted octanol–water partition coefficient (Wildman–Crippen LogP) is 2.06. The highest BCUT2D eigenvalue weighted by Gasteiger charge is 2.26. The maximum Gasteiger partial charge on any atom is 0.390 e. The van der Waals surface area contributed by atoms with Crippen LogP contribution in [0.2, 0.25) is 0 Å². The molecule has 0 saturated carbocycles. The molecule has 0 spiro atoms. The molecule has 1 rings (SSSR count). The highest BCUT2D eigenvalue weighted by atomic mass is 127. The maximum atomic E-state index is 12.0. The van der Waals surface area contributed by atoms with Crippen LogP contribution in [0.4, 0.5) is 13.2 Å². The first-order valence-corrected chi connectivity index (χ1v) is 6.60. The lowest BCUT2D eigenvalue weighted by Gasteiger charge is -2.30. The quantitative estimate of drug-likeness (QED) is 0.425. The van der Waals surface area contributed by atoms with Gasteiger partial charge in [0.1, 0.15) is 0 Å². The van der Waals surface area contributed by atoms with E-state index >= 15 is 0 Å². The highest BCUT2D eigenvalue weighted by Crippen LogP contribution is 2.18. The van der Waals surface area contributed by atoms with Crippen molar-refractivity contribution in [3.8, 4) is 0 Å². The molecule has 1 heterocycles. The molecule has 1 aliphatic heterocycles. The summed E-state index contributed by atoms with van der Waals surface area (Å²) in [5.74, 6) is 0.970. The molecule has 1 saturated heterocycles. The lowest BCUT2D eigenvalue weighted by molar-refractivity contribution is -0.132. The Bertz CT molecular complexity index is 297. The summed E-state index contributed by atoms with van der Waals surface area (Å²) in [7, 11) is 3.65. The number of nitrogens with one attached hydrogen (secondary N) is 2. The van der Waals surface area contributed by atoms with Crippen LogP contribution in [0.25, 0.3) is 0 Å². The van der Waals surface area contributed by atoms with Gasteiger partial charge in [0.05, 0.1) is 6.42 Å². The van der Waals surface area contributed by atoms with Crippen molar-refractivity contribution in [1.82, 2.24) is 15.5 Å². The van der Waals surface area contributed by atoms with Gasteiger partial charge in [-0.15, -0.1) is 24.0 Å². The van der Waals surface area contributed by atoms with Crippen LogP contribution in [0.15, 0.2) is 4.99 Å². The fourth-order valence-electron chi connectivity index (χ4n) is 2.22. The maximum absolute atomic E-state index is 12.0. The van der Waals surface area contributed by atoms with Crippen LogP contribution in [0.5, 0.6) is 0 Å². The third-order valence-electron chi connectivity index (χ3n) is 3.20. The predicted molar refractivity (Wildman–Crippen MR) is 85.7 cm³/mol. The van der Waals surface area contributed by atoms with Gasteiger partial charge in [-0.05, 0) is 32.4 Å². The number of guanidine groups is 1. The Labute approximate surface area is 135 Å². The number of likely N-dealkylation sites (tertiary alicyclic amines) is 1. The van der Waals surface area contributed by atoms with Crippen LogP contribution in [0, 0.1) is 5.92 Å². The highest BCUT2D eigenvalue weighted by molar-refractivity contribution is 14.0. The first-order chi connectivity index (χ1) is 8.90. The summed E-state index contributed by atoms with van der Waals surface area (Å²) in [6, 6.07) is 0. The molecular weight excluding hydrogens is 384 g/mol. The first-order valence-electron chi connectivity index (χ1n) is 6.60. The van der Waals surface area contributed by atoms with E-state index in [1.165, 1.54) is 6.42 Å². The van der Waals surface area contributed by atoms with E-state index in [9.17, 15) is 13.2 Å². The van der Waals surface area contributed by atoms with E-state index in [2.05, 4.69) is 27.6 Å². The molecule has 120 valence electrons. The second-order valence-electron chi connectivity index (χ2n) is 5.02. The van der Waals surface area contributed by atoms with Crippen LogP contribution in [-0.2, 0) is 0 Å². The number of nitrogens with zero attached hydrogens (tertiary/aromatic N) is 2. The van der Waals surface area contributed by atoms with Gasteiger partial charge in [0.2, 0.25) is 0 Å². The third-order valence-corrected chi connectivity index (χ3v) is 3.20. The number of piperidine rings is 1. The van der Waals surface area contributed by atoms with Crippen LogP contribution < -0.4 is 10.6 Å². The van der Waals surface area contributed by atoms with Gasteiger partial charge in [0, 0.05) is 26.7 Å². The zero-order chi connectivity index (χ0) is 14.3. The summed E-state index contributed by atoms with van der Waals surface area (Å²) in [5.41, 5.74) is 0. The van der Waals surface area contributed by atoms with Gasteiger partial charge in [-0.2, -0.15) is 13.2 Å².